The summed E-state index contributed by atoms with van der Waals surface area (Å²) in [5.74, 6) is -0.197. The minimum atomic E-state index is -1.57. The fourth-order valence-corrected chi connectivity index (χ4v) is 6.60. The van der Waals surface area contributed by atoms with Crippen LogP contribution in [0.1, 0.15) is 174 Å². The molecule has 1 rings (SSSR count). The van der Waals surface area contributed by atoms with E-state index in [1.807, 2.05) is 6.08 Å². The van der Waals surface area contributed by atoms with Gasteiger partial charge in [-0.3, -0.25) is 4.79 Å². The van der Waals surface area contributed by atoms with Crippen molar-refractivity contribution in [2.24, 2.45) is 0 Å². The average molecular weight is 764 g/mol. The summed E-state index contributed by atoms with van der Waals surface area (Å²) < 4.78 is 11.1. The molecule has 9 heteroatoms. The average Bonchev–Trinajstić information content (AvgIpc) is 3.17. The van der Waals surface area contributed by atoms with Crippen LogP contribution >= 0.6 is 0 Å². The van der Waals surface area contributed by atoms with Gasteiger partial charge in [0.2, 0.25) is 5.91 Å². The van der Waals surface area contributed by atoms with E-state index in [9.17, 15) is 30.3 Å². The van der Waals surface area contributed by atoms with Crippen molar-refractivity contribution in [2.75, 3.05) is 13.2 Å². The summed E-state index contributed by atoms with van der Waals surface area (Å²) in [4.78, 5) is 12.9. The van der Waals surface area contributed by atoms with Gasteiger partial charge in [0, 0.05) is 6.42 Å². The number of carbonyl (C=O) groups excluding carboxylic acids is 1. The van der Waals surface area contributed by atoms with E-state index in [0.29, 0.717) is 6.42 Å². The van der Waals surface area contributed by atoms with Crippen LogP contribution in [0.2, 0.25) is 0 Å². The van der Waals surface area contributed by atoms with E-state index in [1.165, 1.54) is 103 Å². The van der Waals surface area contributed by atoms with Crippen molar-refractivity contribution in [3.05, 3.63) is 48.6 Å². The van der Waals surface area contributed by atoms with Crippen LogP contribution in [0.25, 0.3) is 0 Å². The van der Waals surface area contributed by atoms with Gasteiger partial charge >= 0.3 is 0 Å². The maximum atomic E-state index is 12.9. The second-order valence-corrected chi connectivity index (χ2v) is 15.1. The lowest BCUT2D eigenvalue weighted by molar-refractivity contribution is -0.302. The van der Waals surface area contributed by atoms with E-state index >= 15 is 0 Å². The number of amides is 1. The van der Waals surface area contributed by atoms with Gasteiger partial charge < -0.3 is 40.3 Å². The normalized spacial score (nSPS) is 21.9. The Kier molecular flexibility index (Phi) is 33.0. The lowest BCUT2D eigenvalue weighted by atomic mass is 9.99. The molecular weight excluding hydrogens is 682 g/mol. The Hall–Kier alpha value is -1.85. The SMILES string of the molecule is CC/C=C/CC/C=C/CC/C=C/C(O)C(COC1OC(CO)C(O)C(O)C1O)NC(=O)CCCCCCCCCCC/C=C\CCCCCCCCCC. The van der Waals surface area contributed by atoms with Crippen molar-refractivity contribution in [3.8, 4) is 0 Å². The Bertz CT molecular complexity index is 983. The molecule has 0 spiro atoms. The van der Waals surface area contributed by atoms with E-state index < -0.39 is 49.5 Å². The van der Waals surface area contributed by atoms with Crippen molar-refractivity contribution >= 4 is 5.91 Å². The number of unbranched alkanes of at least 4 members (excludes halogenated alkanes) is 19. The third kappa shape index (κ3) is 26.1. The molecule has 6 N–H and O–H groups in total. The first kappa shape index (κ1) is 50.2. The van der Waals surface area contributed by atoms with Crippen molar-refractivity contribution in [1.82, 2.24) is 5.32 Å². The predicted octanol–water partition coefficient (Wildman–Crippen LogP) is 8.67. The molecule has 1 aliphatic rings. The number of aliphatic hydroxyl groups excluding tert-OH is 5. The zero-order chi connectivity index (χ0) is 39.5. The Morgan fingerprint density at radius 2 is 1.11 bits per heavy atom. The Morgan fingerprint density at radius 3 is 1.65 bits per heavy atom. The number of hydrogen-bond donors (Lipinski definition) is 6. The standard InChI is InChI=1S/C45H81NO8/c1-3-5-7-9-11-13-15-16-17-18-19-20-21-22-23-24-25-27-29-31-33-35-41(49)46-38(37-53-45-44(52)43(51)42(50)40(36-47)54-45)39(48)34-32-30-28-26-14-12-10-8-6-4-2/h6,8,14,18-19,26,32,34,38-40,42-45,47-48,50-52H,3-5,7,9-13,15-17,20-25,27-31,33,35-37H2,1-2H3,(H,46,49)/b8-6+,19-18-,26-14+,34-32+. The van der Waals surface area contributed by atoms with E-state index in [-0.39, 0.29) is 12.5 Å². The number of allylic oxidation sites excluding steroid dienone is 7. The summed E-state index contributed by atoms with van der Waals surface area (Å²) in [5.41, 5.74) is 0. The highest BCUT2D eigenvalue weighted by Crippen LogP contribution is 2.22. The molecule has 9 nitrogen and oxygen atoms in total. The van der Waals surface area contributed by atoms with Crippen LogP contribution < -0.4 is 5.32 Å². The predicted molar refractivity (Wildman–Crippen MR) is 221 cm³/mol. The molecule has 0 aromatic carbocycles. The number of hydrogen-bond acceptors (Lipinski definition) is 8. The van der Waals surface area contributed by atoms with Crippen LogP contribution in [0.4, 0.5) is 0 Å². The zero-order valence-electron chi connectivity index (χ0n) is 34.2. The second-order valence-electron chi connectivity index (χ2n) is 15.1. The van der Waals surface area contributed by atoms with Gasteiger partial charge in [0.15, 0.2) is 6.29 Å². The van der Waals surface area contributed by atoms with Crippen LogP contribution in [-0.4, -0.2) is 87.5 Å². The Balaban J connectivity index is 2.32. The molecule has 0 aromatic heterocycles. The molecular formula is C45H81NO8. The third-order valence-corrected chi connectivity index (χ3v) is 10.1. The van der Waals surface area contributed by atoms with Gasteiger partial charge in [-0.25, -0.2) is 0 Å². The van der Waals surface area contributed by atoms with Crippen molar-refractivity contribution < 1.29 is 39.8 Å². The van der Waals surface area contributed by atoms with Gasteiger partial charge in [-0.15, -0.1) is 0 Å². The van der Waals surface area contributed by atoms with Gasteiger partial charge in [0.1, 0.15) is 24.4 Å². The van der Waals surface area contributed by atoms with E-state index in [2.05, 4.69) is 55.6 Å². The molecule has 54 heavy (non-hydrogen) atoms. The molecule has 0 saturated carbocycles. The fourth-order valence-electron chi connectivity index (χ4n) is 6.60. The van der Waals surface area contributed by atoms with Gasteiger partial charge in [-0.1, -0.05) is 152 Å². The van der Waals surface area contributed by atoms with E-state index in [1.54, 1.807) is 6.08 Å². The van der Waals surface area contributed by atoms with E-state index in [0.717, 1.165) is 51.4 Å². The molecule has 1 heterocycles. The number of aliphatic hydroxyl groups is 5. The van der Waals surface area contributed by atoms with Crippen molar-refractivity contribution in [3.63, 3.8) is 0 Å². The zero-order valence-corrected chi connectivity index (χ0v) is 34.2. The van der Waals surface area contributed by atoms with Crippen molar-refractivity contribution in [2.45, 2.75) is 217 Å². The van der Waals surface area contributed by atoms with Crippen LogP contribution in [0, 0.1) is 0 Å². The van der Waals surface area contributed by atoms with E-state index in [4.69, 9.17) is 9.47 Å². The molecule has 1 saturated heterocycles. The van der Waals surface area contributed by atoms with Gasteiger partial charge in [0.25, 0.3) is 0 Å². The quantitative estimate of drug-likeness (QED) is 0.0278. The minimum absolute atomic E-state index is 0.197. The van der Waals surface area contributed by atoms with Crippen LogP contribution in [0.5, 0.6) is 0 Å². The Morgan fingerprint density at radius 1 is 0.630 bits per heavy atom. The molecule has 0 aromatic rings. The number of nitrogens with one attached hydrogen (secondary N) is 1. The number of ether oxygens (including phenoxy) is 2. The highest BCUT2D eigenvalue weighted by molar-refractivity contribution is 5.76. The minimum Gasteiger partial charge on any atom is -0.394 e. The lowest BCUT2D eigenvalue weighted by Crippen LogP contribution is -2.60. The molecule has 1 aliphatic heterocycles. The summed E-state index contributed by atoms with van der Waals surface area (Å²) >= 11 is 0. The molecule has 7 unspecified atom stereocenters. The molecule has 1 amide bonds. The monoisotopic (exact) mass is 764 g/mol. The summed E-state index contributed by atoms with van der Waals surface area (Å²) in [7, 11) is 0. The number of rotatable bonds is 35. The van der Waals surface area contributed by atoms with Gasteiger partial charge in [0.05, 0.1) is 25.4 Å². The first-order chi connectivity index (χ1) is 26.3. The summed E-state index contributed by atoms with van der Waals surface area (Å²) in [6.45, 7) is 3.61. The van der Waals surface area contributed by atoms with Gasteiger partial charge in [-0.05, 0) is 64.2 Å². The fraction of sp³-hybridized carbons (Fsp3) is 0.800. The first-order valence-corrected chi connectivity index (χ1v) is 21.9. The van der Waals surface area contributed by atoms with Crippen LogP contribution in [-0.2, 0) is 14.3 Å². The van der Waals surface area contributed by atoms with Gasteiger partial charge in [-0.2, -0.15) is 0 Å². The molecule has 1 fully saturated rings. The highest BCUT2D eigenvalue weighted by atomic mass is 16.7. The third-order valence-electron chi connectivity index (χ3n) is 10.1. The molecule has 7 atom stereocenters. The highest BCUT2D eigenvalue weighted by Gasteiger charge is 2.44. The van der Waals surface area contributed by atoms with Crippen molar-refractivity contribution in [1.29, 1.82) is 0 Å². The lowest BCUT2D eigenvalue weighted by Gasteiger charge is -2.40. The largest absolute Gasteiger partial charge is 0.394 e. The second kappa shape index (κ2) is 35.6. The molecule has 314 valence electrons. The Labute approximate surface area is 329 Å². The van der Waals surface area contributed by atoms with Crippen LogP contribution in [0.3, 0.4) is 0 Å². The smallest absolute Gasteiger partial charge is 0.220 e. The summed E-state index contributed by atoms with van der Waals surface area (Å²) in [6, 6.07) is -0.826. The maximum absolute atomic E-state index is 12.9. The first-order valence-electron chi connectivity index (χ1n) is 21.9. The molecule has 0 bridgehead atoms. The molecule has 0 radical (unpaired) electrons. The summed E-state index contributed by atoms with van der Waals surface area (Å²) in [6.07, 6.45) is 37.4. The van der Waals surface area contributed by atoms with Crippen LogP contribution in [0.15, 0.2) is 48.6 Å². The maximum Gasteiger partial charge on any atom is 0.220 e. The number of carbonyl (C=O) groups is 1. The summed E-state index contributed by atoms with van der Waals surface area (Å²) in [5, 5.41) is 53.9. The topological polar surface area (TPSA) is 149 Å². The molecule has 0 aliphatic carbocycles.